The standard InChI is InChI=1S/C18H27NO3/c1-3-21-18-12-16(14-20)7-8-17(18)22-11-5-10-19-9-4-6-15(2)13-19/h7-8,12,14-15H,3-6,9-11,13H2,1-2H3/t15-/m1/s1. The number of carbonyl (C=O) groups is 1. The molecule has 1 aromatic carbocycles. The fourth-order valence-corrected chi connectivity index (χ4v) is 2.95. The van der Waals surface area contributed by atoms with Gasteiger partial charge in [-0.2, -0.15) is 0 Å². The van der Waals surface area contributed by atoms with E-state index in [1.807, 2.05) is 13.0 Å². The Morgan fingerprint density at radius 3 is 2.91 bits per heavy atom. The average molecular weight is 305 g/mol. The highest BCUT2D eigenvalue weighted by Gasteiger charge is 2.15. The lowest BCUT2D eigenvalue weighted by Gasteiger charge is -2.30. The highest BCUT2D eigenvalue weighted by Crippen LogP contribution is 2.28. The smallest absolute Gasteiger partial charge is 0.161 e. The van der Waals surface area contributed by atoms with Crippen molar-refractivity contribution in [2.75, 3.05) is 32.8 Å². The van der Waals surface area contributed by atoms with Gasteiger partial charge < -0.3 is 14.4 Å². The van der Waals surface area contributed by atoms with E-state index >= 15 is 0 Å². The van der Waals surface area contributed by atoms with Crippen molar-refractivity contribution in [3.63, 3.8) is 0 Å². The van der Waals surface area contributed by atoms with Crippen LogP contribution < -0.4 is 9.47 Å². The Morgan fingerprint density at radius 1 is 1.32 bits per heavy atom. The van der Waals surface area contributed by atoms with Crippen LogP contribution in [0.3, 0.4) is 0 Å². The molecule has 1 fully saturated rings. The number of nitrogens with zero attached hydrogens (tertiary/aromatic N) is 1. The van der Waals surface area contributed by atoms with Crippen LogP contribution in [0.1, 0.15) is 43.5 Å². The van der Waals surface area contributed by atoms with Crippen LogP contribution in [0, 0.1) is 5.92 Å². The summed E-state index contributed by atoms with van der Waals surface area (Å²) in [5.74, 6) is 2.19. The number of likely N-dealkylation sites (tertiary alicyclic amines) is 1. The van der Waals surface area contributed by atoms with E-state index < -0.39 is 0 Å². The van der Waals surface area contributed by atoms with Gasteiger partial charge in [0.05, 0.1) is 13.2 Å². The highest BCUT2D eigenvalue weighted by molar-refractivity contribution is 5.76. The van der Waals surface area contributed by atoms with Crippen LogP contribution in [0.5, 0.6) is 11.5 Å². The Balaban J connectivity index is 1.79. The van der Waals surface area contributed by atoms with Gasteiger partial charge in [0.2, 0.25) is 0 Å². The van der Waals surface area contributed by atoms with Crippen molar-refractivity contribution >= 4 is 6.29 Å². The topological polar surface area (TPSA) is 38.8 Å². The van der Waals surface area contributed by atoms with Gasteiger partial charge in [-0.05, 0) is 56.8 Å². The molecule has 1 atom stereocenters. The molecule has 22 heavy (non-hydrogen) atoms. The largest absolute Gasteiger partial charge is 0.490 e. The van der Waals surface area contributed by atoms with Crippen molar-refractivity contribution in [1.82, 2.24) is 4.90 Å². The van der Waals surface area contributed by atoms with Crippen molar-refractivity contribution in [2.45, 2.75) is 33.1 Å². The second-order valence-electron chi connectivity index (χ2n) is 6.01. The van der Waals surface area contributed by atoms with Gasteiger partial charge in [0.25, 0.3) is 0 Å². The van der Waals surface area contributed by atoms with Gasteiger partial charge in [-0.3, -0.25) is 4.79 Å². The molecular weight excluding hydrogens is 278 g/mol. The molecule has 1 heterocycles. The Labute approximate surface area is 133 Å². The molecule has 2 rings (SSSR count). The summed E-state index contributed by atoms with van der Waals surface area (Å²) in [6, 6.07) is 5.31. The third kappa shape index (κ3) is 5.02. The quantitative estimate of drug-likeness (QED) is 0.545. The Hall–Kier alpha value is -1.55. The third-order valence-corrected chi connectivity index (χ3v) is 4.02. The predicted molar refractivity (Wildman–Crippen MR) is 87.9 cm³/mol. The molecule has 122 valence electrons. The Kier molecular flexibility index (Phi) is 6.72. The van der Waals surface area contributed by atoms with Crippen molar-refractivity contribution in [1.29, 1.82) is 0 Å². The third-order valence-electron chi connectivity index (χ3n) is 4.02. The number of hydrogen-bond donors (Lipinski definition) is 0. The first kappa shape index (κ1) is 16.8. The minimum Gasteiger partial charge on any atom is -0.490 e. The molecule has 1 aromatic rings. The second-order valence-corrected chi connectivity index (χ2v) is 6.01. The molecule has 4 nitrogen and oxygen atoms in total. The van der Waals surface area contributed by atoms with Crippen molar-refractivity contribution in [3.8, 4) is 11.5 Å². The number of aldehydes is 1. The summed E-state index contributed by atoms with van der Waals surface area (Å²) >= 11 is 0. The Bertz CT molecular complexity index is 475. The molecule has 4 heteroatoms. The zero-order chi connectivity index (χ0) is 15.8. The lowest BCUT2D eigenvalue weighted by Crippen LogP contribution is -2.35. The molecule has 0 saturated carbocycles. The van der Waals surface area contributed by atoms with Gasteiger partial charge in [0.15, 0.2) is 11.5 Å². The van der Waals surface area contributed by atoms with Crippen molar-refractivity contribution in [2.24, 2.45) is 5.92 Å². The average Bonchev–Trinajstić information content (AvgIpc) is 2.53. The summed E-state index contributed by atoms with van der Waals surface area (Å²) < 4.78 is 11.4. The molecule has 0 radical (unpaired) electrons. The highest BCUT2D eigenvalue weighted by atomic mass is 16.5. The maximum absolute atomic E-state index is 10.8. The first-order chi connectivity index (χ1) is 10.7. The van der Waals surface area contributed by atoms with Gasteiger partial charge >= 0.3 is 0 Å². The molecule has 0 amide bonds. The number of rotatable bonds is 8. The summed E-state index contributed by atoms with van der Waals surface area (Å²) in [5.41, 5.74) is 0.609. The van der Waals surface area contributed by atoms with Gasteiger partial charge in [-0.25, -0.2) is 0 Å². The molecule has 0 bridgehead atoms. The number of benzene rings is 1. The minimum absolute atomic E-state index is 0.560. The SMILES string of the molecule is CCOc1cc(C=O)ccc1OCCCN1CCC[C@@H](C)C1. The first-order valence-corrected chi connectivity index (χ1v) is 8.30. The van der Waals surface area contributed by atoms with Crippen molar-refractivity contribution in [3.05, 3.63) is 23.8 Å². The lowest BCUT2D eigenvalue weighted by atomic mass is 10.0. The van der Waals surface area contributed by atoms with Crippen molar-refractivity contribution < 1.29 is 14.3 Å². The summed E-state index contributed by atoms with van der Waals surface area (Å²) in [6.07, 6.45) is 4.50. The molecule has 1 aliphatic rings. The summed E-state index contributed by atoms with van der Waals surface area (Å²) in [6.45, 7) is 8.98. The predicted octanol–water partition coefficient (Wildman–Crippen LogP) is 3.40. The molecule has 0 spiro atoms. The van der Waals surface area contributed by atoms with Crippen LogP contribution in [0.15, 0.2) is 18.2 Å². The van der Waals surface area contributed by atoms with Crippen LogP contribution in [0.25, 0.3) is 0 Å². The van der Waals surface area contributed by atoms with E-state index in [0.29, 0.717) is 24.5 Å². The molecule has 0 aromatic heterocycles. The van der Waals surface area contributed by atoms with E-state index in [1.165, 1.54) is 25.9 Å². The number of piperidine rings is 1. The fraction of sp³-hybridized carbons (Fsp3) is 0.611. The van der Waals surface area contributed by atoms with E-state index in [4.69, 9.17) is 9.47 Å². The van der Waals surface area contributed by atoms with E-state index in [-0.39, 0.29) is 0 Å². The molecule has 1 saturated heterocycles. The first-order valence-electron chi connectivity index (χ1n) is 8.30. The monoisotopic (exact) mass is 305 g/mol. The van der Waals surface area contributed by atoms with Crippen LogP contribution >= 0.6 is 0 Å². The maximum atomic E-state index is 10.8. The van der Waals surface area contributed by atoms with Crippen LogP contribution in [0.2, 0.25) is 0 Å². The lowest BCUT2D eigenvalue weighted by molar-refractivity contribution is 0.112. The molecule has 0 N–H and O–H groups in total. The molecule has 1 aliphatic heterocycles. The number of ether oxygens (including phenoxy) is 2. The van der Waals surface area contributed by atoms with E-state index in [9.17, 15) is 4.79 Å². The zero-order valence-electron chi connectivity index (χ0n) is 13.7. The van der Waals surface area contributed by atoms with E-state index in [0.717, 1.165) is 30.9 Å². The minimum atomic E-state index is 0.560. The molecule has 0 aliphatic carbocycles. The summed E-state index contributed by atoms with van der Waals surface area (Å²) in [5, 5.41) is 0. The van der Waals surface area contributed by atoms with Crippen LogP contribution in [0.4, 0.5) is 0 Å². The Morgan fingerprint density at radius 2 is 2.18 bits per heavy atom. The van der Waals surface area contributed by atoms with Gasteiger partial charge in [0, 0.05) is 18.7 Å². The normalized spacial score (nSPS) is 18.9. The fourth-order valence-electron chi connectivity index (χ4n) is 2.95. The van der Waals surface area contributed by atoms with E-state index in [2.05, 4.69) is 11.8 Å². The molecular formula is C18H27NO3. The summed E-state index contributed by atoms with van der Waals surface area (Å²) in [4.78, 5) is 13.4. The summed E-state index contributed by atoms with van der Waals surface area (Å²) in [7, 11) is 0. The molecule has 0 unspecified atom stereocenters. The second kappa shape index (κ2) is 8.79. The van der Waals surface area contributed by atoms with Gasteiger partial charge in [-0.1, -0.05) is 6.92 Å². The van der Waals surface area contributed by atoms with Gasteiger partial charge in [0.1, 0.15) is 6.29 Å². The zero-order valence-corrected chi connectivity index (χ0v) is 13.7. The van der Waals surface area contributed by atoms with E-state index in [1.54, 1.807) is 12.1 Å². The van der Waals surface area contributed by atoms with Gasteiger partial charge in [-0.15, -0.1) is 0 Å². The number of carbonyl (C=O) groups excluding carboxylic acids is 1. The maximum Gasteiger partial charge on any atom is 0.161 e. The van der Waals surface area contributed by atoms with Crippen LogP contribution in [-0.2, 0) is 0 Å². The van der Waals surface area contributed by atoms with Crippen LogP contribution in [-0.4, -0.2) is 44.0 Å². The number of hydrogen-bond acceptors (Lipinski definition) is 4.